The van der Waals surface area contributed by atoms with Gasteiger partial charge in [0.25, 0.3) is 0 Å². The van der Waals surface area contributed by atoms with Crippen molar-refractivity contribution in [3.63, 3.8) is 0 Å². The Morgan fingerprint density at radius 2 is 1.59 bits per heavy atom. The van der Waals surface area contributed by atoms with E-state index in [0.717, 1.165) is 51.9 Å². The smallest absolute Gasteiger partial charge is 0.163 e. The van der Waals surface area contributed by atoms with Crippen molar-refractivity contribution in [2.75, 3.05) is 19.6 Å². The quantitative estimate of drug-likeness (QED) is 0.442. The second-order valence-corrected chi connectivity index (χ2v) is 8.74. The molecule has 4 nitrogen and oxygen atoms in total. The molecule has 1 fully saturated rings. The van der Waals surface area contributed by atoms with Crippen molar-refractivity contribution in [1.82, 2.24) is 14.8 Å². The highest BCUT2D eigenvalue weighted by atomic mass is 16.1. The maximum absolute atomic E-state index is 13.4. The van der Waals surface area contributed by atoms with E-state index in [1.807, 2.05) is 30.6 Å². The van der Waals surface area contributed by atoms with E-state index < -0.39 is 0 Å². The zero-order valence-electron chi connectivity index (χ0n) is 18.8. The lowest BCUT2D eigenvalue weighted by atomic mass is 10.1. The lowest BCUT2D eigenvalue weighted by Gasteiger charge is -2.27. The van der Waals surface area contributed by atoms with Crippen LogP contribution in [-0.4, -0.2) is 46.2 Å². The largest absolute Gasteiger partial charge is 0.296 e. The molecule has 1 saturated heterocycles. The highest BCUT2D eigenvalue weighted by Gasteiger charge is 2.31. The predicted octanol–water partition coefficient (Wildman–Crippen LogP) is 4.75. The van der Waals surface area contributed by atoms with Crippen molar-refractivity contribution in [1.29, 1.82) is 0 Å². The third-order valence-electron chi connectivity index (χ3n) is 6.28. The summed E-state index contributed by atoms with van der Waals surface area (Å²) < 4.78 is 0. The molecule has 0 spiro atoms. The summed E-state index contributed by atoms with van der Waals surface area (Å²) in [4.78, 5) is 22.2. The number of Topliss-reactive ketones (excluding diaryl/α,β-unsaturated/α-hetero) is 1. The molecule has 0 bridgehead atoms. The monoisotopic (exact) mass is 427 g/mol. The van der Waals surface area contributed by atoms with Gasteiger partial charge in [0, 0.05) is 25.5 Å². The van der Waals surface area contributed by atoms with Gasteiger partial charge in [-0.3, -0.25) is 19.6 Å². The van der Waals surface area contributed by atoms with Crippen LogP contribution in [0.5, 0.6) is 0 Å². The van der Waals surface area contributed by atoms with E-state index in [0.29, 0.717) is 12.3 Å². The summed E-state index contributed by atoms with van der Waals surface area (Å²) in [5.41, 5.74) is 3.84. The number of likely N-dealkylation sites (tertiary alicyclic amines) is 1. The lowest BCUT2D eigenvalue weighted by molar-refractivity contribution is -0.124. The first-order chi connectivity index (χ1) is 15.8. The van der Waals surface area contributed by atoms with Gasteiger partial charge in [-0.15, -0.1) is 0 Å². The van der Waals surface area contributed by atoms with Crippen molar-refractivity contribution in [3.05, 3.63) is 102 Å². The maximum atomic E-state index is 13.4. The van der Waals surface area contributed by atoms with Crippen molar-refractivity contribution >= 4 is 5.78 Å². The molecule has 3 aromatic rings. The summed E-state index contributed by atoms with van der Waals surface area (Å²) >= 11 is 0. The van der Waals surface area contributed by atoms with Crippen LogP contribution >= 0.6 is 0 Å². The number of aromatic nitrogens is 1. The number of benzene rings is 2. The summed E-state index contributed by atoms with van der Waals surface area (Å²) in [5.74, 6) is 0.354. The fourth-order valence-corrected chi connectivity index (χ4v) is 4.64. The summed E-state index contributed by atoms with van der Waals surface area (Å²) in [6.07, 6.45) is 7.81. The average Bonchev–Trinajstić information content (AvgIpc) is 3.29. The third-order valence-corrected chi connectivity index (χ3v) is 6.28. The number of pyridine rings is 1. The Kier molecular flexibility index (Phi) is 8.18. The minimum Gasteiger partial charge on any atom is -0.296 e. The number of ketones is 1. The Bertz CT molecular complexity index is 946. The van der Waals surface area contributed by atoms with E-state index >= 15 is 0 Å². The highest BCUT2D eigenvalue weighted by molar-refractivity contribution is 5.86. The van der Waals surface area contributed by atoms with Gasteiger partial charge in [0.2, 0.25) is 0 Å². The highest BCUT2D eigenvalue weighted by Crippen LogP contribution is 2.21. The molecule has 166 valence electrons. The van der Waals surface area contributed by atoms with Crippen LogP contribution in [0.2, 0.25) is 0 Å². The van der Waals surface area contributed by atoms with Crippen molar-refractivity contribution in [2.24, 2.45) is 0 Å². The van der Waals surface area contributed by atoms with Crippen LogP contribution in [0.1, 0.15) is 36.0 Å². The normalized spacial score (nSPS) is 16.5. The van der Waals surface area contributed by atoms with E-state index in [1.54, 1.807) is 0 Å². The molecule has 2 heterocycles. The van der Waals surface area contributed by atoms with Gasteiger partial charge in [-0.2, -0.15) is 0 Å². The molecule has 1 aliphatic rings. The van der Waals surface area contributed by atoms with Gasteiger partial charge in [0.1, 0.15) is 0 Å². The maximum Gasteiger partial charge on any atom is 0.163 e. The number of nitrogens with zero attached hydrogens (tertiary/aromatic N) is 3. The Balaban J connectivity index is 1.37. The number of rotatable bonds is 11. The number of hydrogen-bond acceptors (Lipinski definition) is 4. The van der Waals surface area contributed by atoms with Gasteiger partial charge in [-0.1, -0.05) is 60.7 Å². The Hall–Kier alpha value is -2.82. The van der Waals surface area contributed by atoms with Crippen LogP contribution in [0.4, 0.5) is 0 Å². The molecule has 4 heteroatoms. The molecule has 0 unspecified atom stereocenters. The van der Waals surface area contributed by atoms with Gasteiger partial charge in [-0.05, 0) is 67.6 Å². The van der Waals surface area contributed by atoms with E-state index in [1.165, 1.54) is 16.7 Å². The van der Waals surface area contributed by atoms with Crippen LogP contribution in [-0.2, 0) is 24.3 Å². The van der Waals surface area contributed by atoms with Crippen LogP contribution in [0, 0.1) is 0 Å². The van der Waals surface area contributed by atoms with Crippen LogP contribution in [0.15, 0.2) is 85.2 Å². The van der Waals surface area contributed by atoms with E-state index in [2.05, 4.69) is 69.4 Å². The number of aryl methyl sites for hydroxylation is 1. The SMILES string of the molecule is O=C(CN(CCCc1ccccc1)Cc1ccncc1)[C@@H]1CCCN1Cc1ccccc1. The van der Waals surface area contributed by atoms with Gasteiger partial charge >= 0.3 is 0 Å². The molecule has 1 atom stereocenters. The van der Waals surface area contributed by atoms with Gasteiger partial charge in [0.15, 0.2) is 5.78 Å². The number of carbonyl (C=O) groups excluding carboxylic acids is 1. The molecular weight excluding hydrogens is 394 g/mol. The van der Waals surface area contributed by atoms with Crippen LogP contribution < -0.4 is 0 Å². The first-order valence-electron chi connectivity index (χ1n) is 11.7. The van der Waals surface area contributed by atoms with Crippen molar-refractivity contribution in [3.8, 4) is 0 Å². The summed E-state index contributed by atoms with van der Waals surface area (Å²) in [5, 5.41) is 0. The number of hydrogen-bond donors (Lipinski definition) is 0. The summed E-state index contributed by atoms with van der Waals surface area (Å²) in [6.45, 7) is 4.06. The second kappa shape index (κ2) is 11.7. The zero-order chi connectivity index (χ0) is 22.0. The topological polar surface area (TPSA) is 36.4 Å². The van der Waals surface area contributed by atoms with E-state index in [-0.39, 0.29) is 6.04 Å². The molecule has 0 radical (unpaired) electrons. The van der Waals surface area contributed by atoms with Gasteiger partial charge in [-0.25, -0.2) is 0 Å². The number of carbonyl (C=O) groups is 1. The molecular formula is C28H33N3O. The minimum absolute atomic E-state index is 0.0317. The van der Waals surface area contributed by atoms with Crippen LogP contribution in [0.25, 0.3) is 0 Å². The fourth-order valence-electron chi connectivity index (χ4n) is 4.64. The predicted molar refractivity (Wildman–Crippen MR) is 129 cm³/mol. The van der Waals surface area contributed by atoms with E-state index in [4.69, 9.17) is 0 Å². The van der Waals surface area contributed by atoms with Gasteiger partial charge in [0.05, 0.1) is 12.6 Å². The molecule has 0 aliphatic carbocycles. The summed E-state index contributed by atoms with van der Waals surface area (Å²) in [6, 6.07) is 25.2. The Labute approximate surface area is 191 Å². The Morgan fingerprint density at radius 3 is 2.31 bits per heavy atom. The Morgan fingerprint density at radius 1 is 0.906 bits per heavy atom. The molecule has 0 amide bonds. The molecule has 4 rings (SSSR count). The molecule has 2 aromatic carbocycles. The molecule has 0 N–H and O–H groups in total. The second-order valence-electron chi connectivity index (χ2n) is 8.74. The van der Waals surface area contributed by atoms with Crippen molar-refractivity contribution in [2.45, 2.75) is 44.8 Å². The first-order valence-corrected chi connectivity index (χ1v) is 11.7. The van der Waals surface area contributed by atoms with E-state index in [9.17, 15) is 4.79 Å². The molecule has 0 saturated carbocycles. The fraction of sp³-hybridized carbons (Fsp3) is 0.357. The average molecular weight is 428 g/mol. The van der Waals surface area contributed by atoms with Crippen LogP contribution in [0.3, 0.4) is 0 Å². The lowest BCUT2D eigenvalue weighted by Crippen LogP contribution is -2.42. The molecule has 1 aromatic heterocycles. The van der Waals surface area contributed by atoms with Crippen molar-refractivity contribution < 1.29 is 4.79 Å². The minimum atomic E-state index is 0.0317. The zero-order valence-corrected chi connectivity index (χ0v) is 18.8. The van der Waals surface area contributed by atoms with Gasteiger partial charge < -0.3 is 0 Å². The first kappa shape index (κ1) is 22.4. The summed E-state index contributed by atoms with van der Waals surface area (Å²) in [7, 11) is 0. The molecule has 1 aliphatic heterocycles. The molecule has 32 heavy (non-hydrogen) atoms. The standard InChI is InChI=1S/C28H33N3O/c32-28(27-14-8-20-31(27)22-25-11-5-2-6-12-25)23-30(21-26-15-17-29-18-16-26)19-7-13-24-9-3-1-4-10-24/h1-6,9-12,15-18,27H,7-8,13-14,19-23H2/t27-/m0/s1. The third kappa shape index (κ3) is 6.59.